The average molecular weight is 453 g/mol. The summed E-state index contributed by atoms with van der Waals surface area (Å²) in [6.07, 6.45) is 7.67. The van der Waals surface area contributed by atoms with E-state index in [1.807, 2.05) is 35.2 Å². The molecule has 1 aliphatic heterocycles. The van der Waals surface area contributed by atoms with Gasteiger partial charge in [0.05, 0.1) is 4.90 Å². The first-order chi connectivity index (χ1) is 15.5. The molecule has 1 saturated heterocycles. The molecule has 0 radical (unpaired) electrons. The van der Waals surface area contributed by atoms with Gasteiger partial charge in [-0.25, -0.2) is 8.42 Å². The van der Waals surface area contributed by atoms with Crippen molar-refractivity contribution in [3.63, 3.8) is 0 Å². The van der Waals surface area contributed by atoms with E-state index < -0.39 is 10.0 Å². The normalized spacial score (nSPS) is 20.0. The van der Waals surface area contributed by atoms with Crippen molar-refractivity contribution < 1.29 is 13.2 Å². The Labute approximate surface area is 191 Å². The zero-order chi connectivity index (χ0) is 22.1. The Kier molecular flexibility index (Phi) is 6.08. The molecule has 2 aliphatic carbocycles. The van der Waals surface area contributed by atoms with Crippen LogP contribution in [0.1, 0.15) is 55.2 Å². The molecule has 3 aliphatic rings. The number of hydrogen-bond acceptors (Lipinski definition) is 3. The van der Waals surface area contributed by atoms with Gasteiger partial charge in [-0.1, -0.05) is 36.4 Å². The lowest BCUT2D eigenvalue weighted by molar-refractivity contribution is -0.138. The van der Waals surface area contributed by atoms with Crippen LogP contribution in [0.25, 0.3) is 0 Å². The van der Waals surface area contributed by atoms with Crippen LogP contribution in [0.4, 0.5) is 0 Å². The fourth-order valence-electron chi connectivity index (χ4n) is 5.15. The second kappa shape index (κ2) is 8.99. The predicted octanol–water partition coefficient (Wildman–Crippen LogP) is 4.16. The predicted molar refractivity (Wildman–Crippen MR) is 125 cm³/mol. The van der Waals surface area contributed by atoms with Crippen molar-refractivity contribution in [1.29, 1.82) is 0 Å². The first kappa shape index (κ1) is 21.7. The second-order valence-corrected chi connectivity index (χ2v) is 11.4. The number of carbonyl (C=O) groups is 1. The van der Waals surface area contributed by atoms with Crippen molar-refractivity contribution in [1.82, 2.24) is 9.21 Å². The summed E-state index contributed by atoms with van der Waals surface area (Å²) in [5.41, 5.74) is 3.63. The molecular formula is C26H32N2O3S. The van der Waals surface area contributed by atoms with Gasteiger partial charge in [0.25, 0.3) is 0 Å². The Morgan fingerprint density at radius 1 is 0.906 bits per heavy atom. The SMILES string of the molecule is O=C(C1CCN(S(=O)(=O)c2ccc3c(c2)CCCC3)CC1)N(Cc1ccccc1)C1CC1. The number of rotatable bonds is 6. The summed E-state index contributed by atoms with van der Waals surface area (Å²) >= 11 is 0. The first-order valence-corrected chi connectivity index (χ1v) is 13.4. The lowest BCUT2D eigenvalue weighted by atomic mass is 9.92. The molecule has 0 unspecified atom stereocenters. The molecule has 5 rings (SSSR count). The van der Waals surface area contributed by atoms with Crippen LogP contribution in [-0.4, -0.2) is 42.7 Å². The van der Waals surface area contributed by atoms with Gasteiger partial charge < -0.3 is 4.90 Å². The number of hydrogen-bond donors (Lipinski definition) is 0. The molecule has 1 heterocycles. The highest BCUT2D eigenvalue weighted by Crippen LogP contribution is 2.33. The van der Waals surface area contributed by atoms with E-state index in [0.717, 1.165) is 37.7 Å². The van der Waals surface area contributed by atoms with Gasteiger partial charge >= 0.3 is 0 Å². The van der Waals surface area contributed by atoms with Crippen LogP contribution in [0.5, 0.6) is 0 Å². The second-order valence-electron chi connectivity index (χ2n) is 9.50. The molecule has 1 saturated carbocycles. The van der Waals surface area contributed by atoms with Gasteiger partial charge in [0, 0.05) is 31.6 Å². The van der Waals surface area contributed by atoms with E-state index in [1.54, 1.807) is 10.4 Å². The van der Waals surface area contributed by atoms with Crippen LogP contribution in [0.15, 0.2) is 53.4 Å². The van der Waals surface area contributed by atoms with Crippen molar-refractivity contribution in [2.75, 3.05) is 13.1 Å². The fourth-order valence-corrected chi connectivity index (χ4v) is 6.67. The van der Waals surface area contributed by atoms with Gasteiger partial charge in [0.2, 0.25) is 15.9 Å². The lowest BCUT2D eigenvalue weighted by Crippen LogP contribution is -2.44. The van der Waals surface area contributed by atoms with Crippen molar-refractivity contribution in [2.24, 2.45) is 5.92 Å². The average Bonchev–Trinajstić information content (AvgIpc) is 3.68. The van der Waals surface area contributed by atoms with E-state index in [9.17, 15) is 13.2 Å². The summed E-state index contributed by atoms with van der Waals surface area (Å²) in [4.78, 5) is 15.8. The number of carbonyl (C=O) groups excluding carboxylic acids is 1. The summed E-state index contributed by atoms with van der Waals surface area (Å²) in [5.74, 6) is 0.108. The molecule has 0 atom stereocenters. The summed E-state index contributed by atoms with van der Waals surface area (Å²) in [7, 11) is -3.51. The molecule has 0 N–H and O–H groups in total. The van der Waals surface area contributed by atoms with E-state index in [2.05, 4.69) is 12.1 Å². The third kappa shape index (κ3) is 4.48. The first-order valence-electron chi connectivity index (χ1n) is 12.0. The molecule has 32 heavy (non-hydrogen) atoms. The van der Waals surface area contributed by atoms with Gasteiger partial charge in [-0.3, -0.25) is 4.79 Å². The fraction of sp³-hybridized carbons (Fsp3) is 0.500. The molecule has 2 aromatic carbocycles. The minimum absolute atomic E-state index is 0.0886. The van der Waals surface area contributed by atoms with E-state index >= 15 is 0 Å². The van der Waals surface area contributed by atoms with Crippen molar-refractivity contribution >= 4 is 15.9 Å². The Morgan fingerprint density at radius 2 is 1.59 bits per heavy atom. The minimum atomic E-state index is -3.51. The smallest absolute Gasteiger partial charge is 0.243 e. The zero-order valence-corrected chi connectivity index (χ0v) is 19.4. The summed E-state index contributed by atoms with van der Waals surface area (Å²) in [6.45, 7) is 1.48. The highest BCUT2D eigenvalue weighted by atomic mass is 32.2. The van der Waals surface area contributed by atoms with Gasteiger partial charge in [-0.15, -0.1) is 0 Å². The molecule has 170 valence electrons. The molecular weight excluding hydrogens is 420 g/mol. The van der Waals surface area contributed by atoms with Crippen LogP contribution in [0.3, 0.4) is 0 Å². The summed E-state index contributed by atoms with van der Waals surface area (Å²) < 4.78 is 28.1. The highest BCUT2D eigenvalue weighted by molar-refractivity contribution is 7.89. The largest absolute Gasteiger partial charge is 0.335 e. The summed E-state index contributed by atoms with van der Waals surface area (Å²) in [5, 5.41) is 0. The molecule has 1 amide bonds. The molecule has 0 aromatic heterocycles. The highest BCUT2D eigenvalue weighted by Gasteiger charge is 2.38. The van der Waals surface area contributed by atoms with Gasteiger partial charge in [0.15, 0.2) is 0 Å². The monoisotopic (exact) mass is 452 g/mol. The van der Waals surface area contributed by atoms with Crippen LogP contribution in [-0.2, 0) is 34.2 Å². The van der Waals surface area contributed by atoms with Crippen LogP contribution < -0.4 is 0 Å². The Balaban J connectivity index is 1.24. The Morgan fingerprint density at radius 3 is 2.28 bits per heavy atom. The minimum Gasteiger partial charge on any atom is -0.335 e. The van der Waals surface area contributed by atoms with Crippen molar-refractivity contribution in [2.45, 2.75) is 68.8 Å². The lowest BCUT2D eigenvalue weighted by Gasteiger charge is -2.34. The van der Waals surface area contributed by atoms with Gasteiger partial charge in [0.1, 0.15) is 0 Å². The van der Waals surface area contributed by atoms with Crippen LogP contribution >= 0.6 is 0 Å². The zero-order valence-electron chi connectivity index (χ0n) is 18.6. The summed E-state index contributed by atoms with van der Waals surface area (Å²) in [6, 6.07) is 16.1. The molecule has 2 aromatic rings. The van der Waals surface area contributed by atoms with Crippen molar-refractivity contribution in [3.05, 3.63) is 65.2 Å². The Bertz CT molecular complexity index is 1070. The number of benzene rings is 2. The standard InChI is InChI=1S/C26H32N2O3S/c29-26(28(24-11-12-24)19-20-6-2-1-3-7-20)22-14-16-27(17-15-22)32(30,31)25-13-10-21-8-4-5-9-23(21)18-25/h1-3,6-7,10,13,18,22,24H,4-5,8-9,11-12,14-17,19H2. The van der Waals surface area contributed by atoms with E-state index in [1.165, 1.54) is 17.5 Å². The van der Waals surface area contributed by atoms with Gasteiger partial charge in [-0.2, -0.15) is 4.31 Å². The maximum Gasteiger partial charge on any atom is 0.243 e. The van der Waals surface area contributed by atoms with Crippen LogP contribution in [0, 0.1) is 5.92 Å². The maximum absolute atomic E-state index is 13.3. The molecule has 6 heteroatoms. The Hall–Kier alpha value is -2.18. The van der Waals surface area contributed by atoms with E-state index in [4.69, 9.17) is 0 Å². The molecule has 5 nitrogen and oxygen atoms in total. The molecule has 0 spiro atoms. The van der Waals surface area contributed by atoms with Crippen LogP contribution in [0.2, 0.25) is 0 Å². The number of nitrogens with zero attached hydrogens (tertiary/aromatic N) is 2. The van der Waals surface area contributed by atoms with Gasteiger partial charge in [-0.05, 0) is 80.2 Å². The van der Waals surface area contributed by atoms with E-state index in [-0.39, 0.29) is 11.8 Å². The number of sulfonamides is 1. The maximum atomic E-state index is 13.3. The third-order valence-corrected chi connectivity index (χ3v) is 9.12. The topological polar surface area (TPSA) is 57.7 Å². The third-order valence-electron chi connectivity index (χ3n) is 7.23. The molecule has 2 fully saturated rings. The number of piperidine rings is 1. The number of aryl methyl sites for hydroxylation is 2. The molecule has 0 bridgehead atoms. The van der Waals surface area contributed by atoms with E-state index in [0.29, 0.717) is 43.4 Å². The number of fused-ring (bicyclic) bond motifs is 1. The number of amides is 1. The van der Waals surface area contributed by atoms with Crippen molar-refractivity contribution in [3.8, 4) is 0 Å². The quantitative estimate of drug-likeness (QED) is 0.661.